The molecule has 0 saturated carbocycles. The van der Waals surface area contributed by atoms with Crippen molar-refractivity contribution in [1.82, 2.24) is 24.4 Å². The van der Waals surface area contributed by atoms with Gasteiger partial charge in [0.25, 0.3) is 5.91 Å². The van der Waals surface area contributed by atoms with E-state index in [2.05, 4.69) is 10.1 Å². The SMILES string of the molecule is COC(=O)C(c1ccccc1Cl)N1CCN(C(=O)c2c(C)nn3cccnc23)CC1. The Kier molecular flexibility index (Phi) is 5.69. The molecule has 1 unspecified atom stereocenters. The first-order valence-corrected chi connectivity index (χ1v) is 10.0. The maximum absolute atomic E-state index is 13.2. The molecule has 1 aliphatic heterocycles. The summed E-state index contributed by atoms with van der Waals surface area (Å²) in [5.74, 6) is -0.473. The number of methoxy groups -OCH3 is 1. The highest BCUT2D eigenvalue weighted by Gasteiger charge is 2.34. The van der Waals surface area contributed by atoms with Gasteiger partial charge in [-0.25, -0.2) is 14.3 Å². The Morgan fingerprint density at radius 1 is 1.13 bits per heavy atom. The largest absolute Gasteiger partial charge is 0.468 e. The zero-order valence-electron chi connectivity index (χ0n) is 16.8. The average molecular weight is 428 g/mol. The van der Waals surface area contributed by atoms with E-state index < -0.39 is 6.04 Å². The average Bonchev–Trinajstić information content (AvgIpc) is 3.10. The fourth-order valence-electron chi connectivity index (χ4n) is 3.87. The summed E-state index contributed by atoms with van der Waals surface area (Å²) >= 11 is 6.34. The lowest BCUT2D eigenvalue weighted by molar-refractivity contribution is -0.148. The quantitative estimate of drug-likeness (QED) is 0.595. The fraction of sp³-hybridized carbons (Fsp3) is 0.333. The highest BCUT2D eigenvalue weighted by Crippen LogP contribution is 2.30. The number of fused-ring (bicyclic) bond motifs is 1. The van der Waals surface area contributed by atoms with Gasteiger partial charge < -0.3 is 9.64 Å². The van der Waals surface area contributed by atoms with E-state index in [0.29, 0.717) is 53.7 Å². The van der Waals surface area contributed by atoms with E-state index in [4.69, 9.17) is 16.3 Å². The van der Waals surface area contributed by atoms with Gasteiger partial charge in [0, 0.05) is 43.6 Å². The molecule has 1 aromatic carbocycles. The highest BCUT2D eigenvalue weighted by molar-refractivity contribution is 6.31. The molecule has 4 rings (SSSR count). The zero-order chi connectivity index (χ0) is 21.3. The molecule has 1 saturated heterocycles. The Morgan fingerprint density at radius 2 is 1.87 bits per heavy atom. The number of halogens is 1. The Morgan fingerprint density at radius 3 is 2.57 bits per heavy atom. The van der Waals surface area contributed by atoms with Crippen LogP contribution in [-0.4, -0.2) is 69.6 Å². The molecule has 30 heavy (non-hydrogen) atoms. The van der Waals surface area contributed by atoms with Crippen LogP contribution in [0.1, 0.15) is 27.7 Å². The van der Waals surface area contributed by atoms with Crippen LogP contribution >= 0.6 is 11.6 Å². The van der Waals surface area contributed by atoms with Crippen molar-refractivity contribution in [2.45, 2.75) is 13.0 Å². The molecule has 0 aliphatic carbocycles. The van der Waals surface area contributed by atoms with E-state index in [1.807, 2.05) is 30.0 Å². The van der Waals surface area contributed by atoms with Crippen LogP contribution in [0.3, 0.4) is 0 Å². The number of piperazine rings is 1. The minimum Gasteiger partial charge on any atom is -0.468 e. The first-order chi connectivity index (χ1) is 14.5. The van der Waals surface area contributed by atoms with Crippen LogP contribution in [0.15, 0.2) is 42.7 Å². The molecular formula is C21H22ClN5O3. The molecule has 2 aromatic heterocycles. The van der Waals surface area contributed by atoms with Crippen molar-refractivity contribution in [3.63, 3.8) is 0 Å². The summed E-state index contributed by atoms with van der Waals surface area (Å²) in [4.78, 5) is 33.8. The Labute approximate surface area is 179 Å². The monoisotopic (exact) mass is 427 g/mol. The number of ether oxygens (including phenoxy) is 1. The molecule has 1 atom stereocenters. The van der Waals surface area contributed by atoms with Crippen molar-refractivity contribution in [1.29, 1.82) is 0 Å². The van der Waals surface area contributed by atoms with Gasteiger partial charge in [0.2, 0.25) is 0 Å². The summed E-state index contributed by atoms with van der Waals surface area (Å²) in [6, 6.07) is 8.42. The highest BCUT2D eigenvalue weighted by atomic mass is 35.5. The van der Waals surface area contributed by atoms with Crippen LogP contribution in [0.5, 0.6) is 0 Å². The maximum atomic E-state index is 13.2. The smallest absolute Gasteiger partial charge is 0.327 e. The standard InChI is InChI=1S/C21H22ClN5O3/c1-14-17(19-23-8-5-9-27(19)24-14)20(28)26-12-10-25(11-13-26)18(21(29)30-2)15-6-3-4-7-16(15)22/h3-9,18H,10-13H2,1-2H3. The third kappa shape index (κ3) is 3.64. The molecule has 3 aromatic rings. The van der Waals surface area contributed by atoms with Gasteiger partial charge in [0.05, 0.1) is 12.8 Å². The summed E-state index contributed by atoms with van der Waals surface area (Å²) in [6.45, 7) is 3.79. The molecule has 1 amide bonds. The van der Waals surface area contributed by atoms with Crippen molar-refractivity contribution in [2.24, 2.45) is 0 Å². The van der Waals surface area contributed by atoms with E-state index in [-0.39, 0.29) is 11.9 Å². The number of hydrogen-bond donors (Lipinski definition) is 0. The van der Waals surface area contributed by atoms with E-state index in [1.54, 1.807) is 33.9 Å². The van der Waals surface area contributed by atoms with Crippen molar-refractivity contribution < 1.29 is 14.3 Å². The summed E-state index contributed by atoms with van der Waals surface area (Å²) in [5, 5.41) is 4.89. The summed E-state index contributed by atoms with van der Waals surface area (Å²) in [7, 11) is 1.37. The van der Waals surface area contributed by atoms with Gasteiger partial charge in [-0.15, -0.1) is 0 Å². The van der Waals surface area contributed by atoms with Crippen molar-refractivity contribution in [3.05, 3.63) is 64.6 Å². The molecule has 8 nitrogen and oxygen atoms in total. The van der Waals surface area contributed by atoms with Crippen molar-refractivity contribution in [3.8, 4) is 0 Å². The Hall–Kier alpha value is -2.97. The molecule has 0 spiro atoms. The van der Waals surface area contributed by atoms with Crippen LogP contribution in [0, 0.1) is 6.92 Å². The maximum Gasteiger partial charge on any atom is 0.327 e. The van der Waals surface area contributed by atoms with Crippen LogP contribution in [0.25, 0.3) is 5.65 Å². The molecule has 1 fully saturated rings. The van der Waals surface area contributed by atoms with E-state index >= 15 is 0 Å². The minimum absolute atomic E-state index is 0.104. The minimum atomic E-state index is -0.610. The summed E-state index contributed by atoms with van der Waals surface area (Å²) in [6.07, 6.45) is 3.42. The van der Waals surface area contributed by atoms with Gasteiger partial charge in [-0.1, -0.05) is 29.8 Å². The van der Waals surface area contributed by atoms with Gasteiger partial charge in [0.1, 0.15) is 11.6 Å². The molecular weight excluding hydrogens is 406 g/mol. The fourth-order valence-corrected chi connectivity index (χ4v) is 4.11. The van der Waals surface area contributed by atoms with Crippen LogP contribution in [0.4, 0.5) is 0 Å². The number of aromatic nitrogens is 3. The number of carbonyl (C=O) groups excluding carboxylic acids is 2. The van der Waals surface area contributed by atoms with Gasteiger partial charge in [0.15, 0.2) is 5.65 Å². The van der Waals surface area contributed by atoms with E-state index in [0.717, 1.165) is 0 Å². The molecule has 0 N–H and O–H groups in total. The van der Waals surface area contributed by atoms with Gasteiger partial charge >= 0.3 is 5.97 Å². The molecule has 3 heterocycles. The number of amides is 1. The Balaban J connectivity index is 1.53. The first-order valence-electron chi connectivity index (χ1n) is 9.66. The lowest BCUT2D eigenvalue weighted by atomic mass is 10.0. The number of esters is 1. The number of benzene rings is 1. The van der Waals surface area contributed by atoms with Crippen LogP contribution < -0.4 is 0 Å². The molecule has 0 radical (unpaired) electrons. The number of rotatable bonds is 4. The Bertz CT molecular complexity index is 1090. The lowest BCUT2D eigenvalue weighted by Crippen LogP contribution is -2.51. The number of aryl methyl sites for hydroxylation is 1. The molecule has 156 valence electrons. The first kappa shape index (κ1) is 20.3. The van der Waals surface area contributed by atoms with Gasteiger partial charge in [-0.2, -0.15) is 5.10 Å². The third-order valence-corrected chi connectivity index (χ3v) is 5.72. The second-order valence-electron chi connectivity index (χ2n) is 7.12. The van der Waals surface area contributed by atoms with Crippen molar-refractivity contribution >= 4 is 29.1 Å². The predicted molar refractivity (Wildman–Crippen MR) is 111 cm³/mol. The third-order valence-electron chi connectivity index (χ3n) is 5.38. The summed E-state index contributed by atoms with van der Waals surface area (Å²) in [5.41, 5.74) is 2.41. The summed E-state index contributed by atoms with van der Waals surface area (Å²) < 4.78 is 6.65. The van der Waals surface area contributed by atoms with E-state index in [9.17, 15) is 9.59 Å². The number of nitrogens with zero attached hydrogens (tertiary/aromatic N) is 5. The second-order valence-corrected chi connectivity index (χ2v) is 7.53. The van der Waals surface area contributed by atoms with Crippen LogP contribution in [-0.2, 0) is 9.53 Å². The normalized spacial score (nSPS) is 15.9. The zero-order valence-corrected chi connectivity index (χ0v) is 17.5. The van der Waals surface area contributed by atoms with Gasteiger partial charge in [-0.3, -0.25) is 9.69 Å². The predicted octanol–water partition coefficient (Wildman–Crippen LogP) is 2.36. The van der Waals surface area contributed by atoms with Crippen LogP contribution in [0.2, 0.25) is 5.02 Å². The molecule has 9 heteroatoms. The topological polar surface area (TPSA) is 80.0 Å². The molecule has 1 aliphatic rings. The number of carbonyl (C=O) groups is 2. The lowest BCUT2D eigenvalue weighted by Gasteiger charge is -2.38. The van der Waals surface area contributed by atoms with Crippen molar-refractivity contribution in [2.75, 3.05) is 33.3 Å². The number of hydrogen-bond acceptors (Lipinski definition) is 6. The second kappa shape index (κ2) is 8.41. The van der Waals surface area contributed by atoms with E-state index in [1.165, 1.54) is 7.11 Å². The van der Waals surface area contributed by atoms with Gasteiger partial charge in [-0.05, 0) is 24.6 Å². The molecule has 0 bridgehead atoms.